The molecule has 15 heavy (non-hydrogen) atoms. The monoisotopic (exact) mass is 225 g/mol. The van der Waals surface area contributed by atoms with Gasteiger partial charge in [-0.2, -0.15) is 0 Å². The number of nitrogens with two attached hydrogens (primary N) is 1. The zero-order valence-corrected chi connectivity index (χ0v) is 9.76. The van der Waals surface area contributed by atoms with Gasteiger partial charge in [-0.1, -0.05) is 0 Å². The van der Waals surface area contributed by atoms with Crippen LogP contribution in [0.3, 0.4) is 0 Å². The van der Waals surface area contributed by atoms with Crippen LogP contribution in [0.2, 0.25) is 0 Å². The number of fused-ring (bicyclic) bond motifs is 1. The minimum Gasteiger partial charge on any atom is -0.454 e. The van der Waals surface area contributed by atoms with Gasteiger partial charge in [0.2, 0.25) is 6.79 Å². The Balaban J connectivity index is 2.17. The molecule has 0 bridgehead atoms. The Morgan fingerprint density at radius 2 is 2.07 bits per heavy atom. The molecule has 0 spiro atoms. The lowest BCUT2D eigenvalue weighted by atomic mass is 10.2. The molecule has 82 valence electrons. The second kappa shape index (κ2) is 3.94. The van der Waals surface area contributed by atoms with Crippen molar-refractivity contribution in [3.8, 4) is 11.5 Å². The summed E-state index contributed by atoms with van der Waals surface area (Å²) in [4.78, 5) is 1.16. The summed E-state index contributed by atoms with van der Waals surface area (Å²) < 4.78 is 10.6. The van der Waals surface area contributed by atoms with Crippen LogP contribution in [0.25, 0.3) is 0 Å². The lowest BCUT2D eigenvalue weighted by molar-refractivity contribution is 0.174. The van der Waals surface area contributed by atoms with Crippen molar-refractivity contribution in [2.75, 3.05) is 13.3 Å². The van der Waals surface area contributed by atoms with E-state index in [1.807, 2.05) is 18.2 Å². The Labute approximate surface area is 93.9 Å². The summed E-state index contributed by atoms with van der Waals surface area (Å²) in [6, 6.07) is 5.98. The molecule has 2 N–H and O–H groups in total. The van der Waals surface area contributed by atoms with E-state index in [9.17, 15) is 0 Å². The van der Waals surface area contributed by atoms with E-state index in [0.717, 1.165) is 16.4 Å². The molecule has 1 aromatic carbocycles. The summed E-state index contributed by atoms with van der Waals surface area (Å²) in [6.07, 6.45) is 0. The van der Waals surface area contributed by atoms with Crippen LogP contribution in [-0.4, -0.2) is 18.1 Å². The van der Waals surface area contributed by atoms with Crippen molar-refractivity contribution in [3.63, 3.8) is 0 Å². The fourth-order valence-electron chi connectivity index (χ4n) is 1.30. The molecule has 4 heteroatoms. The molecular weight excluding hydrogens is 210 g/mol. The van der Waals surface area contributed by atoms with Gasteiger partial charge in [-0.25, -0.2) is 0 Å². The molecule has 1 heterocycles. The minimum absolute atomic E-state index is 0.0493. The number of rotatable bonds is 3. The van der Waals surface area contributed by atoms with E-state index in [0.29, 0.717) is 13.3 Å². The molecule has 3 nitrogen and oxygen atoms in total. The molecule has 0 aliphatic carbocycles. The zero-order chi connectivity index (χ0) is 10.9. The van der Waals surface area contributed by atoms with Crippen LogP contribution < -0.4 is 15.2 Å². The van der Waals surface area contributed by atoms with Gasteiger partial charge in [0, 0.05) is 16.2 Å². The maximum atomic E-state index is 5.69. The molecule has 0 fully saturated rings. The number of ether oxygens (including phenoxy) is 2. The highest BCUT2D eigenvalue weighted by Crippen LogP contribution is 2.39. The van der Waals surface area contributed by atoms with Crippen LogP contribution in [0.4, 0.5) is 0 Å². The Kier molecular flexibility index (Phi) is 2.80. The molecule has 1 aromatic rings. The predicted molar refractivity (Wildman–Crippen MR) is 61.6 cm³/mol. The SMILES string of the molecule is CC(C)(CN)Sc1ccc2c(c1)OCO2. The van der Waals surface area contributed by atoms with E-state index >= 15 is 0 Å². The first-order chi connectivity index (χ1) is 7.11. The minimum atomic E-state index is 0.0493. The summed E-state index contributed by atoms with van der Waals surface area (Å²) in [6.45, 7) is 5.22. The summed E-state index contributed by atoms with van der Waals surface area (Å²) in [5, 5.41) is 0. The van der Waals surface area contributed by atoms with E-state index in [-0.39, 0.29) is 4.75 Å². The van der Waals surface area contributed by atoms with E-state index in [4.69, 9.17) is 15.2 Å². The number of benzene rings is 1. The van der Waals surface area contributed by atoms with Gasteiger partial charge in [-0.15, -0.1) is 11.8 Å². The maximum absolute atomic E-state index is 5.69. The molecule has 0 saturated heterocycles. The van der Waals surface area contributed by atoms with Crippen molar-refractivity contribution >= 4 is 11.8 Å². The third-order valence-electron chi connectivity index (χ3n) is 2.23. The molecular formula is C11H15NO2S. The number of hydrogen-bond acceptors (Lipinski definition) is 4. The van der Waals surface area contributed by atoms with Crippen molar-refractivity contribution in [1.82, 2.24) is 0 Å². The van der Waals surface area contributed by atoms with Crippen molar-refractivity contribution in [1.29, 1.82) is 0 Å². The third kappa shape index (κ3) is 2.38. The Bertz CT molecular complexity index is 366. The van der Waals surface area contributed by atoms with E-state index in [1.165, 1.54) is 0 Å². The Hall–Kier alpha value is -0.870. The number of hydrogen-bond donors (Lipinski definition) is 1. The van der Waals surface area contributed by atoms with Gasteiger partial charge in [-0.05, 0) is 32.0 Å². The summed E-state index contributed by atoms with van der Waals surface area (Å²) in [5.74, 6) is 1.65. The van der Waals surface area contributed by atoms with Crippen molar-refractivity contribution in [3.05, 3.63) is 18.2 Å². The van der Waals surface area contributed by atoms with Gasteiger partial charge in [0.1, 0.15) is 0 Å². The maximum Gasteiger partial charge on any atom is 0.231 e. The van der Waals surface area contributed by atoms with Gasteiger partial charge >= 0.3 is 0 Å². The molecule has 0 atom stereocenters. The first-order valence-corrected chi connectivity index (χ1v) is 5.71. The van der Waals surface area contributed by atoms with Gasteiger partial charge in [-0.3, -0.25) is 0 Å². The molecule has 0 radical (unpaired) electrons. The smallest absolute Gasteiger partial charge is 0.231 e. The summed E-state index contributed by atoms with van der Waals surface area (Å²) >= 11 is 1.75. The van der Waals surface area contributed by atoms with Crippen LogP contribution >= 0.6 is 11.8 Å². The molecule has 0 unspecified atom stereocenters. The van der Waals surface area contributed by atoms with Gasteiger partial charge < -0.3 is 15.2 Å². The third-order valence-corrected chi connectivity index (χ3v) is 3.44. The second-order valence-electron chi connectivity index (χ2n) is 4.08. The van der Waals surface area contributed by atoms with Gasteiger partial charge in [0.05, 0.1) is 0 Å². The fourth-order valence-corrected chi connectivity index (χ4v) is 2.32. The molecule has 1 aliphatic heterocycles. The predicted octanol–water partition coefficient (Wildman–Crippen LogP) is 2.24. The quantitative estimate of drug-likeness (QED) is 0.801. The lowest BCUT2D eigenvalue weighted by Gasteiger charge is -2.21. The largest absolute Gasteiger partial charge is 0.454 e. The Morgan fingerprint density at radius 3 is 2.80 bits per heavy atom. The first-order valence-electron chi connectivity index (χ1n) is 4.89. The van der Waals surface area contributed by atoms with Crippen LogP contribution in [-0.2, 0) is 0 Å². The van der Waals surface area contributed by atoms with Crippen molar-refractivity contribution in [2.45, 2.75) is 23.5 Å². The molecule has 0 amide bonds. The summed E-state index contributed by atoms with van der Waals surface area (Å²) in [5.41, 5.74) is 5.69. The van der Waals surface area contributed by atoms with Crippen LogP contribution in [0.5, 0.6) is 11.5 Å². The second-order valence-corrected chi connectivity index (χ2v) is 5.86. The van der Waals surface area contributed by atoms with E-state index in [2.05, 4.69) is 13.8 Å². The molecule has 1 aliphatic rings. The molecule has 0 aromatic heterocycles. The summed E-state index contributed by atoms with van der Waals surface area (Å²) in [7, 11) is 0. The molecule has 0 saturated carbocycles. The van der Waals surface area contributed by atoms with Gasteiger partial charge in [0.15, 0.2) is 11.5 Å². The topological polar surface area (TPSA) is 44.5 Å². The van der Waals surface area contributed by atoms with Gasteiger partial charge in [0.25, 0.3) is 0 Å². The average Bonchev–Trinajstić information content (AvgIpc) is 2.64. The highest BCUT2D eigenvalue weighted by molar-refractivity contribution is 8.00. The highest BCUT2D eigenvalue weighted by atomic mass is 32.2. The van der Waals surface area contributed by atoms with Crippen LogP contribution in [0, 0.1) is 0 Å². The van der Waals surface area contributed by atoms with E-state index in [1.54, 1.807) is 11.8 Å². The zero-order valence-electron chi connectivity index (χ0n) is 8.95. The Morgan fingerprint density at radius 1 is 1.33 bits per heavy atom. The lowest BCUT2D eigenvalue weighted by Crippen LogP contribution is -2.26. The standard InChI is InChI=1S/C11H15NO2S/c1-11(2,6-12)15-8-3-4-9-10(5-8)14-7-13-9/h3-5H,6-7,12H2,1-2H3. The van der Waals surface area contributed by atoms with Crippen molar-refractivity contribution in [2.24, 2.45) is 5.73 Å². The van der Waals surface area contributed by atoms with Crippen molar-refractivity contribution < 1.29 is 9.47 Å². The van der Waals surface area contributed by atoms with Crippen LogP contribution in [0.1, 0.15) is 13.8 Å². The highest BCUT2D eigenvalue weighted by Gasteiger charge is 2.19. The first kappa shape index (κ1) is 10.6. The normalized spacial score (nSPS) is 14.3. The fraction of sp³-hybridized carbons (Fsp3) is 0.455. The molecule has 2 rings (SSSR count). The van der Waals surface area contributed by atoms with E-state index < -0.39 is 0 Å². The number of thioether (sulfide) groups is 1. The van der Waals surface area contributed by atoms with Crippen LogP contribution in [0.15, 0.2) is 23.1 Å². The average molecular weight is 225 g/mol.